The summed E-state index contributed by atoms with van der Waals surface area (Å²) in [6, 6.07) is 0. The molecule has 0 unspecified atom stereocenters. The van der Waals surface area contributed by atoms with Crippen LogP contribution < -0.4 is 0 Å². The number of hydrogen-bond donors (Lipinski definition) is 0. The Bertz CT molecular complexity index is 454. The first kappa shape index (κ1) is 17.4. The summed E-state index contributed by atoms with van der Waals surface area (Å²) in [5.41, 5.74) is 4.24. The molecule has 0 aromatic heterocycles. The van der Waals surface area contributed by atoms with Crippen molar-refractivity contribution in [3.05, 3.63) is 71.2 Å². The van der Waals surface area contributed by atoms with Gasteiger partial charge in [-0.3, -0.25) is 0 Å². The lowest BCUT2D eigenvalue weighted by Crippen LogP contribution is -1.74. The summed E-state index contributed by atoms with van der Waals surface area (Å²) in [4.78, 5) is 0. The topological polar surface area (TPSA) is 0 Å². The molecule has 0 aromatic rings. The highest BCUT2D eigenvalue weighted by atomic mass is 19.1. The summed E-state index contributed by atoms with van der Waals surface area (Å²) in [7, 11) is 0. The van der Waals surface area contributed by atoms with Gasteiger partial charge in [-0.1, -0.05) is 54.2 Å². The highest BCUT2D eigenvalue weighted by Crippen LogP contribution is 2.17. The second kappa shape index (κ2) is 9.32. The maximum Gasteiger partial charge on any atom is 0.107 e. The van der Waals surface area contributed by atoms with Crippen molar-refractivity contribution in [1.29, 1.82) is 0 Å². The van der Waals surface area contributed by atoms with Gasteiger partial charge in [-0.15, -0.1) is 0 Å². The fourth-order valence-corrected chi connectivity index (χ4v) is 1.36. The van der Waals surface area contributed by atoms with Crippen LogP contribution in [0.5, 0.6) is 0 Å². The van der Waals surface area contributed by atoms with Crippen molar-refractivity contribution in [2.24, 2.45) is 0 Å². The van der Waals surface area contributed by atoms with Crippen molar-refractivity contribution in [2.75, 3.05) is 0 Å². The van der Waals surface area contributed by atoms with E-state index in [1.807, 2.05) is 51.2 Å². The van der Waals surface area contributed by atoms with Gasteiger partial charge in [0.05, 0.1) is 0 Å². The number of halogens is 1. The monoisotopic (exact) mass is 260 g/mol. The minimum absolute atomic E-state index is 0.0203. The standard InChI is InChI=1S/C9H11F.C9H14/c1-7-4-3-5-9(10)8(2)6-7;1-5-6-7-9(4)8(2)3/h3-4,6H,5H2,1-2H3;5-7H,2H2,1,3-4H3/b;6-5-,9-7+. The molecule has 0 spiro atoms. The minimum atomic E-state index is -0.0203. The zero-order valence-electron chi connectivity index (χ0n) is 12.8. The third kappa shape index (κ3) is 8.15. The van der Waals surface area contributed by atoms with Crippen LogP contribution in [-0.4, -0.2) is 0 Å². The molecule has 0 bridgehead atoms. The summed E-state index contributed by atoms with van der Waals surface area (Å²) in [5.74, 6) is -0.0203. The zero-order valence-corrected chi connectivity index (χ0v) is 12.8. The Morgan fingerprint density at radius 1 is 1.32 bits per heavy atom. The molecule has 0 fully saturated rings. The van der Waals surface area contributed by atoms with Crippen molar-refractivity contribution < 1.29 is 4.39 Å². The summed E-state index contributed by atoms with van der Waals surface area (Å²) in [6.07, 6.45) is 12.2. The molecule has 1 aliphatic rings. The van der Waals surface area contributed by atoms with Gasteiger partial charge in [0.15, 0.2) is 0 Å². The van der Waals surface area contributed by atoms with Gasteiger partial charge in [0.25, 0.3) is 0 Å². The maximum atomic E-state index is 12.8. The van der Waals surface area contributed by atoms with Crippen molar-refractivity contribution in [1.82, 2.24) is 0 Å². The molecule has 0 nitrogen and oxygen atoms in total. The molecule has 19 heavy (non-hydrogen) atoms. The molecule has 0 aromatic carbocycles. The minimum Gasteiger partial charge on any atom is -0.211 e. The lowest BCUT2D eigenvalue weighted by Gasteiger charge is -1.93. The van der Waals surface area contributed by atoms with E-state index < -0.39 is 0 Å². The van der Waals surface area contributed by atoms with E-state index in [1.54, 1.807) is 6.92 Å². The smallest absolute Gasteiger partial charge is 0.107 e. The summed E-state index contributed by atoms with van der Waals surface area (Å²) < 4.78 is 12.8. The SMILES string of the molecule is C=C(C)/C(C)=C/C=C\C.CC1=CC(C)=C(F)CC=C1. The molecule has 104 valence electrons. The first-order chi connectivity index (χ1) is 8.88. The Balaban J connectivity index is 0.000000344. The Labute approximate surface area is 117 Å². The van der Waals surface area contributed by atoms with E-state index in [0.29, 0.717) is 6.42 Å². The molecule has 1 heteroatoms. The van der Waals surface area contributed by atoms with Crippen LogP contribution >= 0.6 is 0 Å². The Morgan fingerprint density at radius 3 is 2.47 bits per heavy atom. The van der Waals surface area contributed by atoms with E-state index in [9.17, 15) is 4.39 Å². The Morgan fingerprint density at radius 2 is 1.95 bits per heavy atom. The quantitative estimate of drug-likeness (QED) is 0.517. The molecular formula is C18H25F. The summed E-state index contributed by atoms with van der Waals surface area (Å²) in [5, 5.41) is 0. The van der Waals surface area contributed by atoms with Gasteiger partial charge in [0, 0.05) is 6.42 Å². The molecule has 1 aliphatic carbocycles. The number of hydrogen-bond acceptors (Lipinski definition) is 0. The van der Waals surface area contributed by atoms with Gasteiger partial charge in [0.2, 0.25) is 0 Å². The number of rotatable bonds is 2. The van der Waals surface area contributed by atoms with Crippen molar-refractivity contribution in [3.8, 4) is 0 Å². The van der Waals surface area contributed by atoms with E-state index in [-0.39, 0.29) is 5.83 Å². The predicted molar refractivity (Wildman–Crippen MR) is 84.7 cm³/mol. The molecule has 0 saturated heterocycles. The second-order valence-corrected chi connectivity index (χ2v) is 4.74. The van der Waals surface area contributed by atoms with Gasteiger partial charge >= 0.3 is 0 Å². The third-order valence-corrected chi connectivity index (χ3v) is 2.76. The lowest BCUT2D eigenvalue weighted by atomic mass is 10.1. The molecule has 0 radical (unpaired) electrons. The fraction of sp³-hybridized carbons (Fsp3) is 0.333. The van der Waals surface area contributed by atoms with E-state index >= 15 is 0 Å². The van der Waals surface area contributed by atoms with Crippen molar-refractivity contribution in [2.45, 2.75) is 41.0 Å². The molecule has 0 heterocycles. The predicted octanol–water partition coefficient (Wildman–Crippen LogP) is 6.22. The molecule has 0 amide bonds. The maximum absolute atomic E-state index is 12.8. The summed E-state index contributed by atoms with van der Waals surface area (Å²) >= 11 is 0. The molecule has 0 saturated carbocycles. The highest BCUT2D eigenvalue weighted by Gasteiger charge is 1.99. The first-order valence-corrected chi connectivity index (χ1v) is 6.54. The highest BCUT2D eigenvalue weighted by molar-refractivity contribution is 5.33. The number of allylic oxidation sites excluding steroid dienone is 11. The van der Waals surface area contributed by atoms with Crippen LogP contribution in [0, 0.1) is 0 Å². The molecule has 0 atom stereocenters. The average molecular weight is 260 g/mol. The van der Waals surface area contributed by atoms with Crippen LogP contribution in [0.4, 0.5) is 4.39 Å². The van der Waals surface area contributed by atoms with Crippen LogP contribution in [0.15, 0.2) is 71.2 Å². The van der Waals surface area contributed by atoms with Crippen LogP contribution in [0.3, 0.4) is 0 Å². The molecule has 1 rings (SSSR count). The first-order valence-electron chi connectivity index (χ1n) is 6.54. The van der Waals surface area contributed by atoms with Crippen molar-refractivity contribution >= 4 is 0 Å². The lowest BCUT2D eigenvalue weighted by molar-refractivity contribution is 0.609. The van der Waals surface area contributed by atoms with E-state index in [0.717, 1.165) is 16.7 Å². The van der Waals surface area contributed by atoms with Gasteiger partial charge in [-0.2, -0.15) is 0 Å². The fourth-order valence-electron chi connectivity index (χ4n) is 1.36. The Kier molecular flexibility index (Phi) is 8.52. The Hall–Kier alpha value is -1.63. The van der Waals surface area contributed by atoms with Crippen molar-refractivity contribution in [3.63, 3.8) is 0 Å². The van der Waals surface area contributed by atoms with E-state index in [2.05, 4.69) is 19.6 Å². The van der Waals surface area contributed by atoms with Gasteiger partial charge in [-0.05, 0) is 45.8 Å². The molecule has 0 N–H and O–H groups in total. The van der Waals surface area contributed by atoms with Crippen LogP contribution in [0.25, 0.3) is 0 Å². The van der Waals surface area contributed by atoms with Crippen LogP contribution in [0.2, 0.25) is 0 Å². The summed E-state index contributed by atoms with van der Waals surface area (Å²) in [6.45, 7) is 13.6. The van der Waals surface area contributed by atoms with E-state index in [4.69, 9.17) is 0 Å². The normalized spacial score (nSPS) is 15.9. The van der Waals surface area contributed by atoms with Crippen LogP contribution in [-0.2, 0) is 0 Å². The van der Waals surface area contributed by atoms with Gasteiger partial charge < -0.3 is 0 Å². The third-order valence-electron chi connectivity index (χ3n) is 2.76. The van der Waals surface area contributed by atoms with Crippen LogP contribution in [0.1, 0.15) is 41.0 Å². The largest absolute Gasteiger partial charge is 0.211 e. The second-order valence-electron chi connectivity index (χ2n) is 4.74. The van der Waals surface area contributed by atoms with Gasteiger partial charge in [-0.25, -0.2) is 4.39 Å². The zero-order chi connectivity index (χ0) is 14.8. The molecule has 0 aliphatic heterocycles. The van der Waals surface area contributed by atoms with Gasteiger partial charge in [0.1, 0.15) is 5.83 Å². The average Bonchev–Trinajstić information content (AvgIpc) is 2.49. The molecular weight excluding hydrogens is 235 g/mol. The van der Waals surface area contributed by atoms with E-state index in [1.165, 1.54) is 5.57 Å².